The van der Waals surface area contributed by atoms with Crippen molar-refractivity contribution in [1.82, 2.24) is 4.98 Å². The van der Waals surface area contributed by atoms with Crippen molar-refractivity contribution in [2.75, 3.05) is 0 Å². The van der Waals surface area contributed by atoms with Gasteiger partial charge in [0.15, 0.2) is 0 Å². The number of carboxylic acid groups (broad SMARTS) is 1. The van der Waals surface area contributed by atoms with Gasteiger partial charge in [0, 0.05) is 10.0 Å². The van der Waals surface area contributed by atoms with Gasteiger partial charge >= 0.3 is 5.97 Å². The lowest BCUT2D eigenvalue weighted by molar-refractivity contribution is 0.0690. The summed E-state index contributed by atoms with van der Waals surface area (Å²) in [5.74, 6) is -1.10. The fourth-order valence-corrected chi connectivity index (χ4v) is 1.99. The van der Waals surface area contributed by atoms with Crippen LogP contribution >= 0.6 is 27.5 Å². The topological polar surface area (TPSA) is 59.4 Å². The van der Waals surface area contributed by atoms with Crippen molar-refractivity contribution in [2.24, 2.45) is 0 Å². The molecule has 1 aromatic carbocycles. The Labute approximate surface area is 123 Å². The van der Waals surface area contributed by atoms with Crippen LogP contribution in [0.3, 0.4) is 0 Å². The van der Waals surface area contributed by atoms with Gasteiger partial charge < -0.3 is 9.84 Å². The van der Waals surface area contributed by atoms with Gasteiger partial charge in [-0.3, -0.25) is 0 Å². The van der Waals surface area contributed by atoms with Crippen molar-refractivity contribution < 1.29 is 14.6 Å². The number of ether oxygens (including phenoxy) is 1. The molecule has 98 valence electrons. The molecule has 0 radical (unpaired) electrons. The van der Waals surface area contributed by atoms with Gasteiger partial charge in [0.1, 0.15) is 17.3 Å². The summed E-state index contributed by atoms with van der Waals surface area (Å²) in [5, 5.41) is 9.22. The van der Waals surface area contributed by atoms with Crippen LogP contribution in [0.5, 0.6) is 5.88 Å². The molecule has 1 N–H and O–H groups in total. The zero-order chi connectivity index (χ0) is 13.8. The standard InChI is InChI=1S/C13H9BrClNO3/c14-10-4-2-1-3-8(10)7-19-12-9(13(17)18)5-6-11(15)16-12/h1-6H,7H2,(H,17,18). The molecule has 0 bridgehead atoms. The Morgan fingerprint density at radius 2 is 2.05 bits per heavy atom. The van der Waals surface area contributed by atoms with E-state index < -0.39 is 5.97 Å². The van der Waals surface area contributed by atoms with E-state index in [4.69, 9.17) is 21.4 Å². The average molecular weight is 343 g/mol. The van der Waals surface area contributed by atoms with Crippen molar-refractivity contribution in [3.63, 3.8) is 0 Å². The van der Waals surface area contributed by atoms with E-state index >= 15 is 0 Å². The zero-order valence-electron chi connectivity index (χ0n) is 9.64. The average Bonchev–Trinajstić information content (AvgIpc) is 2.37. The molecule has 1 aromatic heterocycles. The fraction of sp³-hybridized carbons (Fsp3) is 0.0769. The number of carbonyl (C=O) groups is 1. The third kappa shape index (κ3) is 3.45. The van der Waals surface area contributed by atoms with Crippen LogP contribution in [0.4, 0.5) is 0 Å². The van der Waals surface area contributed by atoms with Crippen molar-refractivity contribution in [3.05, 3.63) is 57.2 Å². The van der Waals surface area contributed by atoms with Gasteiger partial charge in [-0.15, -0.1) is 0 Å². The molecule has 0 saturated carbocycles. The van der Waals surface area contributed by atoms with E-state index in [1.165, 1.54) is 12.1 Å². The first-order valence-electron chi connectivity index (χ1n) is 5.34. The van der Waals surface area contributed by atoms with E-state index in [-0.39, 0.29) is 23.2 Å². The first-order valence-corrected chi connectivity index (χ1v) is 6.51. The number of halogens is 2. The second kappa shape index (κ2) is 6.04. The van der Waals surface area contributed by atoms with Crippen molar-refractivity contribution in [2.45, 2.75) is 6.61 Å². The molecule has 2 rings (SSSR count). The van der Waals surface area contributed by atoms with Gasteiger partial charge in [-0.25, -0.2) is 9.78 Å². The van der Waals surface area contributed by atoms with Crippen LogP contribution in [0.25, 0.3) is 0 Å². The summed E-state index contributed by atoms with van der Waals surface area (Å²) in [6.07, 6.45) is 0. The number of hydrogen-bond acceptors (Lipinski definition) is 3. The molecule has 4 nitrogen and oxygen atoms in total. The molecule has 0 unspecified atom stereocenters. The fourth-order valence-electron chi connectivity index (χ4n) is 1.45. The third-order valence-corrected chi connectivity index (χ3v) is 3.36. The molecule has 6 heteroatoms. The summed E-state index contributed by atoms with van der Waals surface area (Å²) in [5.41, 5.74) is 0.872. The van der Waals surface area contributed by atoms with Gasteiger partial charge in [-0.1, -0.05) is 45.7 Å². The summed E-state index contributed by atoms with van der Waals surface area (Å²) in [6.45, 7) is 0.203. The Bertz CT molecular complexity index is 619. The van der Waals surface area contributed by atoms with Crippen LogP contribution < -0.4 is 4.74 Å². The van der Waals surface area contributed by atoms with Crippen molar-refractivity contribution >= 4 is 33.5 Å². The predicted octanol–water partition coefficient (Wildman–Crippen LogP) is 3.77. The molecular weight excluding hydrogens is 334 g/mol. The molecule has 0 amide bonds. The maximum atomic E-state index is 11.0. The lowest BCUT2D eigenvalue weighted by atomic mass is 10.2. The molecule has 1 heterocycles. The lowest BCUT2D eigenvalue weighted by Crippen LogP contribution is -2.05. The minimum atomic E-state index is -1.11. The molecule has 0 aliphatic heterocycles. The highest BCUT2D eigenvalue weighted by Gasteiger charge is 2.14. The Balaban J connectivity index is 2.22. The number of carboxylic acids is 1. The van der Waals surface area contributed by atoms with E-state index in [2.05, 4.69) is 20.9 Å². The van der Waals surface area contributed by atoms with Crippen LogP contribution in [0, 0.1) is 0 Å². The maximum absolute atomic E-state index is 11.0. The van der Waals surface area contributed by atoms with Gasteiger partial charge in [-0.2, -0.15) is 0 Å². The summed E-state index contributed by atoms with van der Waals surface area (Å²) in [6, 6.07) is 10.3. The van der Waals surface area contributed by atoms with Gasteiger partial charge in [0.2, 0.25) is 5.88 Å². The minimum Gasteiger partial charge on any atom is -0.477 e. The molecule has 0 atom stereocenters. The Morgan fingerprint density at radius 1 is 1.32 bits per heavy atom. The van der Waals surface area contributed by atoms with E-state index in [0.717, 1.165) is 10.0 Å². The van der Waals surface area contributed by atoms with Crippen LogP contribution in [-0.4, -0.2) is 16.1 Å². The second-order valence-electron chi connectivity index (χ2n) is 3.67. The third-order valence-electron chi connectivity index (χ3n) is 2.38. The summed E-state index contributed by atoms with van der Waals surface area (Å²) in [7, 11) is 0. The summed E-state index contributed by atoms with van der Waals surface area (Å²) < 4.78 is 6.32. The zero-order valence-corrected chi connectivity index (χ0v) is 12.0. The molecular formula is C13H9BrClNO3. The van der Waals surface area contributed by atoms with Gasteiger partial charge in [-0.05, 0) is 18.2 Å². The number of benzene rings is 1. The molecule has 0 aliphatic rings. The summed E-state index contributed by atoms with van der Waals surface area (Å²) >= 11 is 9.13. The highest BCUT2D eigenvalue weighted by atomic mass is 79.9. The molecule has 0 spiro atoms. The Hall–Kier alpha value is -1.59. The lowest BCUT2D eigenvalue weighted by Gasteiger charge is -2.09. The first kappa shape index (κ1) is 13.8. The van der Waals surface area contributed by atoms with Crippen molar-refractivity contribution in [1.29, 1.82) is 0 Å². The van der Waals surface area contributed by atoms with E-state index in [9.17, 15) is 4.79 Å². The number of pyridine rings is 1. The normalized spacial score (nSPS) is 10.2. The van der Waals surface area contributed by atoms with Gasteiger partial charge in [0.25, 0.3) is 0 Å². The number of nitrogens with zero attached hydrogens (tertiary/aromatic N) is 1. The smallest absolute Gasteiger partial charge is 0.341 e. The molecule has 2 aromatic rings. The molecule has 0 fully saturated rings. The number of rotatable bonds is 4. The second-order valence-corrected chi connectivity index (χ2v) is 4.91. The monoisotopic (exact) mass is 341 g/mol. The van der Waals surface area contributed by atoms with E-state index in [0.29, 0.717) is 0 Å². The van der Waals surface area contributed by atoms with Gasteiger partial charge in [0.05, 0.1) is 0 Å². The molecule has 19 heavy (non-hydrogen) atoms. The number of hydrogen-bond donors (Lipinski definition) is 1. The van der Waals surface area contributed by atoms with Crippen LogP contribution in [-0.2, 0) is 6.61 Å². The predicted molar refractivity (Wildman–Crippen MR) is 74.7 cm³/mol. The highest BCUT2D eigenvalue weighted by Crippen LogP contribution is 2.22. The largest absolute Gasteiger partial charge is 0.477 e. The number of aromatic nitrogens is 1. The maximum Gasteiger partial charge on any atom is 0.341 e. The molecule has 0 saturated heterocycles. The first-order chi connectivity index (χ1) is 9.08. The van der Waals surface area contributed by atoms with Crippen LogP contribution in [0.15, 0.2) is 40.9 Å². The Morgan fingerprint density at radius 3 is 2.74 bits per heavy atom. The SMILES string of the molecule is O=C(O)c1ccc(Cl)nc1OCc1ccccc1Br. The van der Waals surface area contributed by atoms with Crippen LogP contribution in [0.2, 0.25) is 5.15 Å². The van der Waals surface area contributed by atoms with Crippen LogP contribution in [0.1, 0.15) is 15.9 Å². The molecule has 0 aliphatic carbocycles. The Kier molecular flexibility index (Phi) is 4.39. The summed E-state index contributed by atoms with van der Waals surface area (Å²) in [4.78, 5) is 14.9. The highest BCUT2D eigenvalue weighted by molar-refractivity contribution is 9.10. The number of aromatic carboxylic acids is 1. The van der Waals surface area contributed by atoms with E-state index in [1.54, 1.807) is 0 Å². The minimum absolute atomic E-state index is 0.00996. The quantitative estimate of drug-likeness (QED) is 0.859. The van der Waals surface area contributed by atoms with E-state index in [1.807, 2.05) is 24.3 Å². The van der Waals surface area contributed by atoms with Crippen molar-refractivity contribution in [3.8, 4) is 5.88 Å².